The zero-order valence-electron chi connectivity index (χ0n) is 16.5. The number of rotatable bonds is 6. The van der Waals surface area contributed by atoms with Crippen LogP contribution in [0.4, 0.5) is 0 Å². The summed E-state index contributed by atoms with van der Waals surface area (Å²) in [5.74, 6) is -3.80. The number of esters is 3. The Morgan fingerprint density at radius 1 is 1.10 bits per heavy atom. The minimum atomic E-state index is -0.914. The van der Waals surface area contributed by atoms with Crippen LogP contribution in [-0.4, -0.2) is 72.8 Å². The Morgan fingerprint density at radius 3 is 2.45 bits per heavy atom. The lowest BCUT2D eigenvalue weighted by Gasteiger charge is -2.31. The number of hydrogen-bond acceptors (Lipinski definition) is 11. The standard InChI is InChI=1S/C19H21NO11/c1-6(2)17(21)29-13-7-3-8-12(19(23)30-14(8)13)11(7)18(22)28-9-4-26-16-10(31-20(24)25)5-27-15(9)16/h7-16H,1,3-5H2,2H3. The molecule has 3 saturated heterocycles. The van der Waals surface area contributed by atoms with Crippen LogP contribution in [0.3, 0.4) is 0 Å². The molecule has 0 aromatic rings. The fourth-order valence-electron chi connectivity index (χ4n) is 5.65. The molecule has 2 aliphatic carbocycles. The number of ether oxygens (including phenoxy) is 5. The predicted octanol–water partition coefficient (Wildman–Crippen LogP) is -0.432. The van der Waals surface area contributed by atoms with Crippen LogP contribution < -0.4 is 0 Å². The molecule has 0 aromatic carbocycles. The average Bonchev–Trinajstić information content (AvgIpc) is 3.46. The van der Waals surface area contributed by atoms with Gasteiger partial charge in [-0.3, -0.25) is 9.59 Å². The van der Waals surface area contributed by atoms with Gasteiger partial charge in [0.25, 0.3) is 5.09 Å². The van der Waals surface area contributed by atoms with Crippen LogP contribution in [0, 0.1) is 33.8 Å². The van der Waals surface area contributed by atoms with E-state index in [4.69, 9.17) is 23.7 Å². The second kappa shape index (κ2) is 7.16. The molecule has 5 aliphatic rings. The summed E-state index contributed by atoms with van der Waals surface area (Å²) >= 11 is 0. The highest BCUT2D eigenvalue weighted by Gasteiger charge is 2.70. The van der Waals surface area contributed by atoms with Gasteiger partial charge in [0.15, 0.2) is 12.2 Å². The molecule has 2 bridgehead atoms. The molecule has 31 heavy (non-hydrogen) atoms. The van der Waals surface area contributed by atoms with Crippen LogP contribution in [0.2, 0.25) is 0 Å². The summed E-state index contributed by atoms with van der Waals surface area (Å²) in [4.78, 5) is 52.7. The van der Waals surface area contributed by atoms with Crippen molar-refractivity contribution < 1.29 is 48.0 Å². The summed E-state index contributed by atoms with van der Waals surface area (Å²) < 4.78 is 27.6. The smallest absolute Gasteiger partial charge is 0.333 e. The molecule has 3 heterocycles. The minimum Gasteiger partial charge on any atom is -0.458 e. The lowest BCUT2D eigenvalue weighted by atomic mass is 9.78. The van der Waals surface area contributed by atoms with Gasteiger partial charge in [0.05, 0.1) is 25.0 Å². The van der Waals surface area contributed by atoms with Crippen LogP contribution >= 0.6 is 0 Å². The Morgan fingerprint density at radius 2 is 1.77 bits per heavy atom. The second-order valence-electron chi connectivity index (χ2n) is 8.61. The second-order valence-corrected chi connectivity index (χ2v) is 8.61. The molecule has 10 unspecified atom stereocenters. The van der Waals surface area contributed by atoms with Crippen molar-refractivity contribution in [2.24, 2.45) is 23.7 Å². The fraction of sp³-hybridized carbons (Fsp3) is 0.737. The van der Waals surface area contributed by atoms with Crippen molar-refractivity contribution in [3.63, 3.8) is 0 Å². The molecule has 5 fully saturated rings. The molecule has 0 amide bonds. The largest absolute Gasteiger partial charge is 0.458 e. The summed E-state index contributed by atoms with van der Waals surface area (Å²) in [6.45, 7) is 5.00. The van der Waals surface area contributed by atoms with Crippen molar-refractivity contribution in [3.05, 3.63) is 22.3 Å². The molecule has 12 heteroatoms. The monoisotopic (exact) mass is 439 g/mol. The van der Waals surface area contributed by atoms with E-state index in [-0.39, 0.29) is 24.7 Å². The molecule has 10 atom stereocenters. The Labute approximate surface area is 175 Å². The van der Waals surface area contributed by atoms with Crippen LogP contribution in [0.25, 0.3) is 0 Å². The third-order valence-electron chi connectivity index (χ3n) is 6.86. The maximum absolute atomic E-state index is 13.1. The number of nitrogens with zero attached hydrogens (tertiary/aromatic N) is 1. The summed E-state index contributed by atoms with van der Waals surface area (Å²) in [5, 5.41) is 9.69. The van der Waals surface area contributed by atoms with Gasteiger partial charge in [-0.05, 0) is 13.3 Å². The van der Waals surface area contributed by atoms with Crippen molar-refractivity contribution >= 4 is 17.9 Å². The van der Waals surface area contributed by atoms with E-state index in [1.165, 1.54) is 6.92 Å². The first kappa shape index (κ1) is 20.2. The summed E-state index contributed by atoms with van der Waals surface area (Å²) in [7, 11) is 0. The van der Waals surface area contributed by atoms with Crippen molar-refractivity contribution in [3.8, 4) is 0 Å². The van der Waals surface area contributed by atoms with E-state index in [0.717, 1.165) is 0 Å². The zero-order valence-corrected chi connectivity index (χ0v) is 16.5. The van der Waals surface area contributed by atoms with Crippen LogP contribution in [0.1, 0.15) is 13.3 Å². The summed E-state index contributed by atoms with van der Waals surface area (Å²) in [5.41, 5.74) is 0.210. The van der Waals surface area contributed by atoms with E-state index in [9.17, 15) is 24.5 Å². The molecular formula is C19H21NO11. The number of carbonyl (C=O) groups is 3. The van der Waals surface area contributed by atoms with Gasteiger partial charge < -0.3 is 28.5 Å². The van der Waals surface area contributed by atoms with Gasteiger partial charge in [0.2, 0.25) is 0 Å². The van der Waals surface area contributed by atoms with Gasteiger partial charge in [-0.15, -0.1) is 10.1 Å². The maximum atomic E-state index is 13.1. The lowest BCUT2D eigenvalue weighted by molar-refractivity contribution is -0.769. The Hall–Kier alpha value is -2.73. The van der Waals surface area contributed by atoms with E-state index in [2.05, 4.69) is 11.4 Å². The molecular weight excluding hydrogens is 418 g/mol. The lowest BCUT2D eigenvalue weighted by Crippen LogP contribution is -2.45. The minimum absolute atomic E-state index is 0.00866. The van der Waals surface area contributed by atoms with Crippen molar-refractivity contribution in [1.29, 1.82) is 0 Å². The van der Waals surface area contributed by atoms with Crippen molar-refractivity contribution in [2.45, 2.75) is 50.0 Å². The number of fused-ring (bicyclic) bond motifs is 2. The van der Waals surface area contributed by atoms with Gasteiger partial charge in [-0.1, -0.05) is 6.58 Å². The van der Waals surface area contributed by atoms with E-state index < -0.39 is 77.4 Å². The Bertz CT molecular complexity index is 858. The van der Waals surface area contributed by atoms with Crippen molar-refractivity contribution in [1.82, 2.24) is 0 Å². The highest BCUT2D eigenvalue weighted by Crippen LogP contribution is 2.59. The van der Waals surface area contributed by atoms with Crippen LogP contribution in [-0.2, 0) is 42.9 Å². The number of hydrogen-bond donors (Lipinski definition) is 0. The quantitative estimate of drug-likeness (QED) is 0.174. The molecule has 2 saturated carbocycles. The molecule has 0 N–H and O–H groups in total. The molecule has 3 aliphatic heterocycles. The highest BCUT2D eigenvalue weighted by molar-refractivity contribution is 5.88. The Kier molecular flexibility index (Phi) is 4.66. The van der Waals surface area contributed by atoms with Gasteiger partial charge in [0.1, 0.15) is 24.4 Å². The molecule has 5 rings (SSSR count). The summed E-state index contributed by atoms with van der Waals surface area (Å²) in [6.07, 6.45) is -3.91. The maximum Gasteiger partial charge on any atom is 0.333 e. The van der Waals surface area contributed by atoms with E-state index in [0.29, 0.717) is 6.42 Å². The molecule has 0 spiro atoms. The normalized spacial score (nSPS) is 44.0. The van der Waals surface area contributed by atoms with Crippen LogP contribution in [0.5, 0.6) is 0 Å². The van der Waals surface area contributed by atoms with Crippen molar-refractivity contribution in [2.75, 3.05) is 13.2 Å². The predicted molar refractivity (Wildman–Crippen MR) is 94.4 cm³/mol. The van der Waals surface area contributed by atoms with E-state index in [1.54, 1.807) is 0 Å². The van der Waals surface area contributed by atoms with E-state index in [1.807, 2.05) is 0 Å². The highest BCUT2D eigenvalue weighted by atomic mass is 17.0. The van der Waals surface area contributed by atoms with Gasteiger partial charge >= 0.3 is 17.9 Å². The number of carbonyl (C=O) groups excluding carboxylic acids is 3. The van der Waals surface area contributed by atoms with Crippen LogP contribution in [0.15, 0.2) is 12.2 Å². The first-order valence-corrected chi connectivity index (χ1v) is 10.1. The topological polar surface area (TPSA) is 150 Å². The molecule has 168 valence electrons. The van der Waals surface area contributed by atoms with Gasteiger partial charge in [-0.25, -0.2) is 4.79 Å². The summed E-state index contributed by atoms with van der Waals surface area (Å²) in [6, 6.07) is 0. The average molecular weight is 439 g/mol. The first-order valence-electron chi connectivity index (χ1n) is 10.1. The SMILES string of the molecule is C=C(C)C(=O)OC1C2CC3C1OC(=O)C3C2C(=O)OC1COC2C(O[N+](=O)[O-])COC12. The molecule has 0 radical (unpaired) electrons. The fourth-order valence-corrected chi connectivity index (χ4v) is 5.65. The molecule has 0 aromatic heterocycles. The zero-order chi connectivity index (χ0) is 22.0. The molecule has 12 nitrogen and oxygen atoms in total. The van der Waals surface area contributed by atoms with E-state index >= 15 is 0 Å². The van der Waals surface area contributed by atoms with Gasteiger partial charge in [-0.2, -0.15) is 0 Å². The third kappa shape index (κ3) is 3.07. The third-order valence-corrected chi connectivity index (χ3v) is 6.86. The Balaban J connectivity index is 1.29. The first-order chi connectivity index (χ1) is 14.8. The van der Waals surface area contributed by atoms with Gasteiger partial charge in [0, 0.05) is 17.4 Å².